The van der Waals surface area contributed by atoms with E-state index < -0.39 is 0 Å². The number of aromatic hydroxyl groups is 1. The predicted octanol–water partition coefficient (Wildman–Crippen LogP) is 4.68. The van der Waals surface area contributed by atoms with Crippen molar-refractivity contribution in [1.82, 2.24) is 15.0 Å². The Bertz CT molecular complexity index is 1260. The van der Waals surface area contributed by atoms with E-state index in [2.05, 4.69) is 25.6 Å². The van der Waals surface area contributed by atoms with E-state index in [-0.39, 0.29) is 17.7 Å². The molecule has 166 valence electrons. The van der Waals surface area contributed by atoms with Crippen molar-refractivity contribution in [2.75, 3.05) is 17.7 Å². The highest BCUT2D eigenvalue weighted by atomic mass is 16.5. The van der Waals surface area contributed by atoms with Gasteiger partial charge in [0.1, 0.15) is 5.82 Å². The van der Waals surface area contributed by atoms with E-state index in [0.717, 1.165) is 11.1 Å². The number of pyridine rings is 1. The van der Waals surface area contributed by atoms with Gasteiger partial charge in [-0.15, -0.1) is 0 Å². The van der Waals surface area contributed by atoms with Crippen LogP contribution in [-0.4, -0.2) is 33.1 Å². The fourth-order valence-electron chi connectivity index (χ4n) is 3.30. The molecule has 1 atom stereocenters. The number of nitrogens with one attached hydrogen (secondary N) is 2. The van der Waals surface area contributed by atoms with Gasteiger partial charge in [0.25, 0.3) is 5.91 Å². The summed E-state index contributed by atoms with van der Waals surface area (Å²) in [5.74, 6) is 0.805. The van der Waals surface area contributed by atoms with Crippen molar-refractivity contribution < 1.29 is 14.6 Å². The molecule has 8 heteroatoms. The number of ether oxygens (including phenoxy) is 1. The van der Waals surface area contributed by atoms with Crippen LogP contribution in [0.2, 0.25) is 0 Å². The molecule has 0 bridgehead atoms. The van der Waals surface area contributed by atoms with E-state index in [1.54, 1.807) is 48.9 Å². The van der Waals surface area contributed by atoms with E-state index >= 15 is 0 Å². The standard InChI is InChI=1S/C25H23N5O3/c1-16(17-5-3-7-20(11-17)29-25(32)19-6-4-10-26-13-19)28-24-15-27-14-21(30-24)18-8-9-22(31)23(12-18)33-2/h3-16,31H,1-2H3,(H,28,30)(H,29,32)/t16-/m0/s1. The minimum absolute atomic E-state index is 0.0626. The summed E-state index contributed by atoms with van der Waals surface area (Å²) < 4.78 is 5.18. The van der Waals surface area contributed by atoms with Gasteiger partial charge in [-0.25, -0.2) is 4.98 Å². The molecule has 0 spiro atoms. The van der Waals surface area contributed by atoms with Crippen LogP contribution >= 0.6 is 0 Å². The maximum atomic E-state index is 12.4. The molecule has 0 saturated heterocycles. The largest absolute Gasteiger partial charge is 0.504 e. The number of benzene rings is 2. The molecule has 2 aromatic heterocycles. The Labute approximate surface area is 191 Å². The minimum Gasteiger partial charge on any atom is -0.504 e. The summed E-state index contributed by atoms with van der Waals surface area (Å²) in [5.41, 5.74) is 3.56. The number of carbonyl (C=O) groups is 1. The van der Waals surface area contributed by atoms with E-state index in [1.165, 1.54) is 13.3 Å². The second kappa shape index (κ2) is 9.78. The second-order valence-electron chi connectivity index (χ2n) is 7.36. The monoisotopic (exact) mass is 441 g/mol. The van der Waals surface area contributed by atoms with Gasteiger partial charge in [-0.05, 0) is 55.0 Å². The van der Waals surface area contributed by atoms with E-state index in [9.17, 15) is 9.90 Å². The number of phenolic OH excluding ortho intramolecular Hbond substituents is 1. The fraction of sp³-hybridized carbons (Fsp3) is 0.120. The van der Waals surface area contributed by atoms with E-state index in [0.29, 0.717) is 28.5 Å². The number of rotatable bonds is 7. The molecule has 3 N–H and O–H groups in total. The lowest BCUT2D eigenvalue weighted by molar-refractivity contribution is 0.102. The van der Waals surface area contributed by atoms with Gasteiger partial charge in [-0.2, -0.15) is 0 Å². The molecule has 0 aliphatic heterocycles. The average Bonchev–Trinajstić information content (AvgIpc) is 2.85. The SMILES string of the molecule is COc1cc(-c2cncc(N[C@@H](C)c3cccc(NC(=O)c4cccnc4)c3)n2)ccc1O. The lowest BCUT2D eigenvalue weighted by Crippen LogP contribution is -2.13. The van der Waals surface area contributed by atoms with Crippen LogP contribution in [0, 0.1) is 0 Å². The van der Waals surface area contributed by atoms with Crippen LogP contribution in [0.3, 0.4) is 0 Å². The van der Waals surface area contributed by atoms with Crippen molar-refractivity contribution in [3.8, 4) is 22.8 Å². The smallest absolute Gasteiger partial charge is 0.257 e. The molecule has 0 aliphatic carbocycles. The number of nitrogens with zero attached hydrogens (tertiary/aromatic N) is 3. The van der Waals surface area contributed by atoms with Crippen molar-refractivity contribution in [3.63, 3.8) is 0 Å². The summed E-state index contributed by atoms with van der Waals surface area (Å²) in [5, 5.41) is 16.1. The number of hydrogen-bond donors (Lipinski definition) is 3. The number of phenols is 1. The number of anilines is 2. The molecule has 0 saturated carbocycles. The van der Waals surface area contributed by atoms with Crippen molar-refractivity contribution in [2.45, 2.75) is 13.0 Å². The first kappa shape index (κ1) is 21.8. The van der Waals surface area contributed by atoms with Crippen LogP contribution in [0.4, 0.5) is 11.5 Å². The Morgan fingerprint density at radius 1 is 1.03 bits per heavy atom. The summed E-state index contributed by atoms with van der Waals surface area (Å²) in [6, 6.07) is 16.0. The summed E-state index contributed by atoms with van der Waals surface area (Å²) in [7, 11) is 1.50. The van der Waals surface area contributed by atoms with Crippen molar-refractivity contribution in [3.05, 3.63) is 90.5 Å². The third kappa shape index (κ3) is 5.24. The first-order chi connectivity index (χ1) is 16.0. The number of aromatic nitrogens is 3. The highest BCUT2D eigenvalue weighted by Gasteiger charge is 2.12. The maximum Gasteiger partial charge on any atom is 0.257 e. The number of carbonyl (C=O) groups excluding carboxylic acids is 1. The molecule has 0 unspecified atom stereocenters. The number of methoxy groups -OCH3 is 1. The first-order valence-electron chi connectivity index (χ1n) is 10.3. The zero-order valence-electron chi connectivity index (χ0n) is 18.2. The van der Waals surface area contributed by atoms with Crippen LogP contribution in [-0.2, 0) is 0 Å². The minimum atomic E-state index is -0.219. The number of hydrogen-bond acceptors (Lipinski definition) is 7. The molecule has 2 aromatic carbocycles. The first-order valence-corrected chi connectivity index (χ1v) is 10.3. The van der Waals surface area contributed by atoms with Crippen LogP contribution in [0.15, 0.2) is 79.4 Å². The van der Waals surface area contributed by atoms with Gasteiger partial charge < -0.3 is 20.5 Å². The topological polar surface area (TPSA) is 109 Å². The Morgan fingerprint density at radius 3 is 2.70 bits per heavy atom. The van der Waals surface area contributed by atoms with Gasteiger partial charge in [-0.3, -0.25) is 14.8 Å². The summed E-state index contributed by atoms with van der Waals surface area (Å²) >= 11 is 0. The Kier molecular flexibility index (Phi) is 6.45. The molecule has 2 heterocycles. The quantitative estimate of drug-likeness (QED) is 0.382. The van der Waals surface area contributed by atoms with Gasteiger partial charge in [0.05, 0.1) is 36.8 Å². The van der Waals surface area contributed by atoms with Crippen LogP contribution in [0.1, 0.15) is 28.9 Å². The van der Waals surface area contributed by atoms with Crippen LogP contribution < -0.4 is 15.4 Å². The lowest BCUT2D eigenvalue weighted by Gasteiger charge is -2.16. The summed E-state index contributed by atoms with van der Waals surface area (Å²) in [6.45, 7) is 2.00. The third-order valence-corrected chi connectivity index (χ3v) is 5.04. The van der Waals surface area contributed by atoms with Crippen molar-refractivity contribution in [2.24, 2.45) is 0 Å². The van der Waals surface area contributed by atoms with E-state index in [1.807, 2.05) is 31.2 Å². The zero-order valence-corrected chi connectivity index (χ0v) is 18.2. The molecule has 33 heavy (non-hydrogen) atoms. The molecular formula is C25H23N5O3. The average molecular weight is 441 g/mol. The van der Waals surface area contributed by atoms with Crippen molar-refractivity contribution in [1.29, 1.82) is 0 Å². The second-order valence-corrected chi connectivity index (χ2v) is 7.36. The Balaban J connectivity index is 1.49. The summed E-state index contributed by atoms with van der Waals surface area (Å²) in [4.78, 5) is 25.3. The highest BCUT2D eigenvalue weighted by molar-refractivity contribution is 6.04. The van der Waals surface area contributed by atoms with Crippen LogP contribution in [0.5, 0.6) is 11.5 Å². The molecule has 0 radical (unpaired) electrons. The van der Waals surface area contributed by atoms with Crippen LogP contribution in [0.25, 0.3) is 11.3 Å². The molecule has 4 rings (SSSR count). The predicted molar refractivity (Wildman–Crippen MR) is 126 cm³/mol. The van der Waals surface area contributed by atoms with Gasteiger partial charge in [0.15, 0.2) is 11.5 Å². The third-order valence-electron chi connectivity index (χ3n) is 5.04. The maximum absolute atomic E-state index is 12.4. The Morgan fingerprint density at radius 2 is 1.91 bits per heavy atom. The number of amides is 1. The van der Waals surface area contributed by atoms with Gasteiger partial charge in [0.2, 0.25) is 0 Å². The summed E-state index contributed by atoms with van der Waals surface area (Å²) in [6.07, 6.45) is 6.45. The van der Waals surface area contributed by atoms with Crippen molar-refractivity contribution >= 4 is 17.4 Å². The fourth-order valence-corrected chi connectivity index (χ4v) is 3.30. The highest BCUT2D eigenvalue weighted by Crippen LogP contribution is 2.31. The zero-order chi connectivity index (χ0) is 23.2. The molecule has 1 amide bonds. The molecule has 0 fully saturated rings. The molecular weight excluding hydrogens is 418 g/mol. The van der Waals surface area contributed by atoms with E-state index in [4.69, 9.17) is 4.74 Å². The Hall–Kier alpha value is -4.46. The van der Waals surface area contributed by atoms with Gasteiger partial charge in [0, 0.05) is 23.6 Å². The lowest BCUT2D eigenvalue weighted by atomic mass is 10.1. The molecule has 4 aromatic rings. The van der Waals surface area contributed by atoms with Gasteiger partial charge >= 0.3 is 0 Å². The van der Waals surface area contributed by atoms with Gasteiger partial charge in [-0.1, -0.05) is 12.1 Å². The molecule has 8 nitrogen and oxygen atoms in total. The normalized spacial score (nSPS) is 11.5. The molecule has 0 aliphatic rings.